The number of carboxylic acids is 1. The molecule has 1 amide bonds. The van der Waals surface area contributed by atoms with Crippen LogP contribution in [0.15, 0.2) is 18.2 Å². The van der Waals surface area contributed by atoms with Gasteiger partial charge < -0.3 is 19.6 Å². The molecule has 23 heavy (non-hydrogen) atoms. The molecule has 0 fully saturated rings. The Morgan fingerprint density at radius 3 is 2.61 bits per heavy atom. The molecule has 0 saturated heterocycles. The smallest absolute Gasteiger partial charge is 0.308 e. The van der Waals surface area contributed by atoms with Gasteiger partial charge in [0, 0.05) is 25.3 Å². The number of hydrogen-bond acceptors (Lipinski definition) is 4. The van der Waals surface area contributed by atoms with Gasteiger partial charge >= 0.3 is 5.97 Å². The van der Waals surface area contributed by atoms with Crippen LogP contribution in [0.2, 0.25) is 0 Å². The van der Waals surface area contributed by atoms with Crippen LogP contribution in [0.3, 0.4) is 0 Å². The number of benzene rings is 1. The minimum Gasteiger partial charge on any atom is -0.481 e. The van der Waals surface area contributed by atoms with Gasteiger partial charge in [0.05, 0.1) is 11.6 Å². The van der Waals surface area contributed by atoms with Crippen LogP contribution in [0.1, 0.15) is 27.7 Å². The van der Waals surface area contributed by atoms with Crippen molar-refractivity contribution in [2.45, 2.75) is 39.8 Å². The number of rotatable bonds is 5. The molecule has 0 bridgehead atoms. The zero-order valence-corrected chi connectivity index (χ0v) is 14.2. The molecule has 1 aliphatic heterocycles. The Kier molecular flexibility index (Phi) is 4.82. The lowest BCUT2D eigenvalue weighted by molar-refractivity contribution is -0.140. The van der Waals surface area contributed by atoms with Gasteiger partial charge in [-0.1, -0.05) is 6.92 Å². The molecule has 0 aliphatic carbocycles. The summed E-state index contributed by atoms with van der Waals surface area (Å²) in [5.74, 6) is -0.731. The van der Waals surface area contributed by atoms with E-state index >= 15 is 0 Å². The van der Waals surface area contributed by atoms with E-state index in [9.17, 15) is 9.59 Å². The van der Waals surface area contributed by atoms with Crippen LogP contribution in [0, 0.1) is 5.92 Å². The number of anilines is 2. The largest absolute Gasteiger partial charge is 0.481 e. The lowest BCUT2D eigenvalue weighted by Crippen LogP contribution is -2.42. The SMILES string of the molecule is CC(CN(c1ccc2c(c1)N(C)C(=O)C(C)O2)C(C)C)C(=O)O. The highest BCUT2D eigenvalue weighted by atomic mass is 16.5. The molecular formula is C17H24N2O4. The van der Waals surface area contributed by atoms with Crippen LogP contribution in [0.5, 0.6) is 5.75 Å². The van der Waals surface area contributed by atoms with Crippen molar-refractivity contribution in [3.63, 3.8) is 0 Å². The Hall–Kier alpha value is -2.24. The average Bonchev–Trinajstić information content (AvgIpc) is 2.49. The molecule has 1 N–H and O–H groups in total. The van der Waals surface area contributed by atoms with E-state index in [0.29, 0.717) is 18.0 Å². The third-order valence-corrected chi connectivity index (χ3v) is 4.13. The van der Waals surface area contributed by atoms with Crippen molar-refractivity contribution in [1.29, 1.82) is 0 Å². The van der Waals surface area contributed by atoms with Gasteiger partial charge in [-0.25, -0.2) is 0 Å². The molecule has 0 aromatic heterocycles. The summed E-state index contributed by atoms with van der Waals surface area (Å²) in [5.41, 5.74) is 1.59. The Bertz CT molecular complexity index is 615. The van der Waals surface area contributed by atoms with E-state index in [4.69, 9.17) is 9.84 Å². The second-order valence-corrected chi connectivity index (χ2v) is 6.29. The third-order valence-electron chi connectivity index (χ3n) is 4.13. The lowest BCUT2D eigenvalue weighted by Gasteiger charge is -2.34. The summed E-state index contributed by atoms with van der Waals surface area (Å²) < 4.78 is 5.63. The first-order valence-corrected chi connectivity index (χ1v) is 7.80. The summed E-state index contributed by atoms with van der Waals surface area (Å²) in [5, 5.41) is 9.16. The molecular weight excluding hydrogens is 296 g/mol. The number of carbonyl (C=O) groups excluding carboxylic acids is 1. The summed E-state index contributed by atoms with van der Waals surface area (Å²) in [4.78, 5) is 26.8. The molecule has 1 aliphatic rings. The third kappa shape index (κ3) is 3.41. The summed E-state index contributed by atoms with van der Waals surface area (Å²) in [6.07, 6.45) is -0.494. The molecule has 1 aromatic carbocycles. The summed E-state index contributed by atoms with van der Waals surface area (Å²) in [7, 11) is 1.73. The highest BCUT2D eigenvalue weighted by Crippen LogP contribution is 2.37. The van der Waals surface area contributed by atoms with Crippen molar-refractivity contribution in [1.82, 2.24) is 0 Å². The van der Waals surface area contributed by atoms with E-state index in [0.717, 1.165) is 5.69 Å². The van der Waals surface area contributed by atoms with Gasteiger partial charge in [-0.05, 0) is 39.0 Å². The Labute approximate surface area is 136 Å². The van der Waals surface area contributed by atoms with Crippen LogP contribution in [0.4, 0.5) is 11.4 Å². The van der Waals surface area contributed by atoms with E-state index in [-0.39, 0.29) is 11.9 Å². The van der Waals surface area contributed by atoms with Crippen LogP contribution >= 0.6 is 0 Å². The van der Waals surface area contributed by atoms with Gasteiger partial charge in [0.25, 0.3) is 5.91 Å². The number of amides is 1. The van der Waals surface area contributed by atoms with Crippen molar-refractivity contribution in [3.05, 3.63) is 18.2 Å². The van der Waals surface area contributed by atoms with Crippen LogP contribution in [-0.2, 0) is 9.59 Å². The molecule has 0 spiro atoms. The Morgan fingerprint density at radius 1 is 1.39 bits per heavy atom. The fourth-order valence-electron chi connectivity index (χ4n) is 2.67. The molecule has 1 heterocycles. The number of likely N-dealkylation sites (N-methyl/N-ethyl adjacent to an activating group) is 1. The molecule has 6 heteroatoms. The molecule has 2 rings (SSSR count). The lowest BCUT2D eigenvalue weighted by atomic mass is 10.1. The zero-order chi connectivity index (χ0) is 17.3. The van der Waals surface area contributed by atoms with Crippen molar-refractivity contribution in [2.75, 3.05) is 23.4 Å². The first-order valence-electron chi connectivity index (χ1n) is 7.80. The van der Waals surface area contributed by atoms with E-state index in [1.54, 1.807) is 25.8 Å². The fraction of sp³-hybridized carbons (Fsp3) is 0.529. The maximum atomic E-state index is 12.1. The number of carbonyl (C=O) groups is 2. The molecule has 126 valence electrons. The second kappa shape index (κ2) is 6.48. The first kappa shape index (κ1) is 17.1. The topological polar surface area (TPSA) is 70.1 Å². The highest BCUT2D eigenvalue weighted by Gasteiger charge is 2.30. The first-order chi connectivity index (χ1) is 10.7. The normalized spacial score (nSPS) is 18.4. The van der Waals surface area contributed by atoms with Crippen molar-refractivity contribution < 1.29 is 19.4 Å². The number of aliphatic carboxylic acids is 1. The molecule has 0 saturated carbocycles. The fourth-order valence-corrected chi connectivity index (χ4v) is 2.67. The van der Waals surface area contributed by atoms with E-state index < -0.39 is 18.0 Å². The number of fused-ring (bicyclic) bond motifs is 1. The maximum Gasteiger partial charge on any atom is 0.308 e. The predicted molar refractivity (Wildman–Crippen MR) is 89.2 cm³/mol. The van der Waals surface area contributed by atoms with Gasteiger partial charge in [0.2, 0.25) is 0 Å². The van der Waals surface area contributed by atoms with Crippen molar-refractivity contribution >= 4 is 23.3 Å². The van der Waals surface area contributed by atoms with E-state index in [1.807, 2.05) is 36.9 Å². The van der Waals surface area contributed by atoms with E-state index in [2.05, 4.69) is 0 Å². The summed E-state index contributed by atoms with van der Waals surface area (Å²) in [6.45, 7) is 7.85. The predicted octanol–water partition coefficient (Wildman–Crippen LogP) is 2.37. The van der Waals surface area contributed by atoms with E-state index in [1.165, 1.54) is 0 Å². The molecule has 2 atom stereocenters. The Balaban J connectivity index is 2.35. The number of hydrogen-bond donors (Lipinski definition) is 1. The van der Waals surface area contributed by atoms with Crippen LogP contribution in [0.25, 0.3) is 0 Å². The molecule has 2 unspecified atom stereocenters. The molecule has 1 aromatic rings. The molecule has 0 radical (unpaired) electrons. The zero-order valence-electron chi connectivity index (χ0n) is 14.2. The van der Waals surface area contributed by atoms with Gasteiger partial charge in [-0.2, -0.15) is 0 Å². The van der Waals surface area contributed by atoms with Crippen molar-refractivity contribution in [3.8, 4) is 5.75 Å². The average molecular weight is 320 g/mol. The minimum atomic E-state index is -0.821. The van der Waals surface area contributed by atoms with Gasteiger partial charge in [0.15, 0.2) is 6.10 Å². The van der Waals surface area contributed by atoms with Crippen molar-refractivity contribution in [2.24, 2.45) is 5.92 Å². The highest BCUT2D eigenvalue weighted by molar-refractivity contribution is 5.99. The number of carboxylic acid groups (broad SMARTS) is 1. The second-order valence-electron chi connectivity index (χ2n) is 6.29. The summed E-state index contributed by atoms with van der Waals surface area (Å²) >= 11 is 0. The molecule has 6 nitrogen and oxygen atoms in total. The minimum absolute atomic E-state index is 0.0929. The standard InChI is InChI=1S/C17H24N2O4/c1-10(2)19(9-11(3)17(21)22)13-6-7-15-14(8-13)18(5)16(20)12(4)23-15/h6-8,10-12H,9H2,1-5H3,(H,21,22). The van der Waals surface area contributed by atoms with Gasteiger partial charge in [-0.15, -0.1) is 0 Å². The summed E-state index contributed by atoms with van der Waals surface area (Å²) in [6, 6.07) is 5.77. The monoisotopic (exact) mass is 320 g/mol. The number of nitrogens with zero attached hydrogens (tertiary/aromatic N) is 2. The number of ether oxygens (including phenoxy) is 1. The van der Waals surface area contributed by atoms with Crippen LogP contribution < -0.4 is 14.5 Å². The van der Waals surface area contributed by atoms with Gasteiger partial charge in [-0.3, -0.25) is 9.59 Å². The van der Waals surface area contributed by atoms with Gasteiger partial charge in [0.1, 0.15) is 5.75 Å². The maximum absolute atomic E-state index is 12.1. The quantitative estimate of drug-likeness (QED) is 0.902. The Morgan fingerprint density at radius 2 is 2.04 bits per heavy atom. The van der Waals surface area contributed by atoms with Crippen LogP contribution in [-0.4, -0.2) is 42.7 Å².